The third-order valence-electron chi connectivity index (χ3n) is 5.78. The summed E-state index contributed by atoms with van der Waals surface area (Å²) < 4.78 is 7.67. The lowest BCUT2D eigenvalue weighted by Crippen LogP contribution is -2.51. The number of aromatic nitrogens is 3. The SMILES string of the molecule is Cc1nn(C)c2nccc(OCC(=O)N3CCCC4CCCCC43)c12. The van der Waals surface area contributed by atoms with Gasteiger partial charge in [0.2, 0.25) is 0 Å². The molecule has 4 rings (SSSR count). The number of amides is 1. The van der Waals surface area contributed by atoms with Crippen molar-refractivity contribution in [1.82, 2.24) is 19.7 Å². The summed E-state index contributed by atoms with van der Waals surface area (Å²) in [6.07, 6.45) is 9.08. The summed E-state index contributed by atoms with van der Waals surface area (Å²) in [5.74, 6) is 1.50. The summed E-state index contributed by atoms with van der Waals surface area (Å²) in [6.45, 7) is 2.91. The number of rotatable bonds is 3. The highest BCUT2D eigenvalue weighted by atomic mass is 16.5. The van der Waals surface area contributed by atoms with E-state index in [0.717, 1.165) is 36.1 Å². The van der Waals surface area contributed by atoms with Crippen molar-refractivity contribution in [3.8, 4) is 5.75 Å². The van der Waals surface area contributed by atoms with Gasteiger partial charge in [-0.1, -0.05) is 12.8 Å². The fourth-order valence-corrected chi connectivity index (χ4v) is 4.62. The van der Waals surface area contributed by atoms with E-state index in [9.17, 15) is 4.79 Å². The summed E-state index contributed by atoms with van der Waals surface area (Å²) in [4.78, 5) is 19.3. The first kappa shape index (κ1) is 16.4. The molecule has 0 aromatic carbocycles. The lowest BCUT2D eigenvalue weighted by atomic mass is 9.78. The molecule has 25 heavy (non-hydrogen) atoms. The Balaban J connectivity index is 1.49. The van der Waals surface area contributed by atoms with Crippen LogP contribution in [0.1, 0.15) is 44.2 Å². The Labute approximate surface area is 148 Å². The zero-order valence-corrected chi connectivity index (χ0v) is 15.1. The van der Waals surface area contributed by atoms with Gasteiger partial charge < -0.3 is 9.64 Å². The number of likely N-dealkylation sites (tertiary alicyclic amines) is 1. The molecule has 3 heterocycles. The van der Waals surface area contributed by atoms with E-state index in [4.69, 9.17) is 4.74 Å². The van der Waals surface area contributed by atoms with Crippen molar-refractivity contribution in [2.45, 2.75) is 51.5 Å². The quantitative estimate of drug-likeness (QED) is 0.860. The molecule has 1 saturated heterocycles. The first-order valence-corrected chi connectivity index (χ1v) is 9.35. The van der Waals surface area contributed by atoms with Gasteiger partial charge in [0.25, 0.3) is 5.91 Å². The molecule has 0 N–H and O–H groups in total. The van der Waals surface area contributed by atoms with E-state index in [1.165, 1.54) is 25.7 Å². The molecule has 1 amide bonds. The molecule has 2 atom stereocenters. The fourth-order valence-electron chi connectivity index (χ4n) is 4.62. The Morgan fingerprint density at radius 2 is 2.08 bits per heavy atom. The predicted molar refractivity (Wildman–Crippen MR) is 95.4 cm³/mol. The van der Waals surface area contributed by atoms with Gasteiger partial charge in [-0.3, -0.25) is 9.48 Å². The minimum Gasteiger partial charge on any atom is -0.483 e. The highest BCUT2D eigenvalue weighted by molar-refractivity contribution is 5.85. The Hall–Kier alpha value is -2.11. The van der Waals surface area contributed by atoms with Gasteiger partial charge in [-0.2, -0.15) is 5.10 Å². The summed E-state index contributed by atoms with van der Waals surface area (Å²) >= 11 is 0. The number of nitrogens with zero attached hydrogens (tertiary/aromatic N) is 4. The smallest absolute Gasteiger partial charge is 0.260 e. The summed E-state index contributed by atoms with van der Waals surface area (Å²) in [5.41, 5.74) is 1.66. The molecular weight excluding hydrogens is 316 g/mol. The maximum Gasteiger partial charge on any atom is 0.260 e. The average molecular weight is 342 g/mol. The van der Waals surface area contributed by atoms with Crippen LogP contribution in [0.4, 0.5) is 0 Å². The number of pyridine rings is 1. The van der Waals surface area contributed by atoms with Gasteiger partial charge in [0.05, 0.1) is 11.1 Å². The molecule has 134 valence electrons. The van der Waals surface area contributed by atoms with Gasteiger partial charge in [-0.15, -0.1) is 0 Å². The van der Waals surface area contributed by atoms with Gasteiger partial charge in [0.15, 0.2) is 12.3 Å². The second-order valence-electron chi connectivity index (χ2n) is 7.35. The van der Waals surface area contributed by atoms with Crippen molar-refractivity contribution >= 4 is 16.9 Å². The number of aryl methyl sites for hydroxylation is 2. The van der Waals surface area contributed by atoms with E-state index in [1.807, 2.05) is 20.0 Å². The number of ether oxygens (including phenoxy) is 1. The van der Waals surface area contributed by atoms with Gasteiger partial charge in [-0.25, -0.2) is 4.98 Å². The van der Waals surface area contributed by atoms with Crippen LogP contribution in [-0.4, -0.2) is 44.8 Å². The second kappa shape index (κ2) is 6.65. The van der Waals surface area contributed by atoms with Crippen molar-refractivity contribution in [3.05, 3.63) is 18.0 Å². The van der Waals surface area contributed by atoms with Gasteiger partial charge >= 0.3 is 0 Å². The summed E-state index contributed by atoms with van der Waals surface area (Å²) in [6, 6.07) is 2.25. The number of hydrogen-bond acceptors (Lipinski definition) is 4. The number of piperidine rings is 1. The van der Waals surface area contributed by atoms with Crippen LogP contribution in [0, 0.1) is 12.8 Å². The van der Waals surface area contributed by atoms with Crippen LogP contribution in [0.25, 0.3) is 11.0 Å². The molecule has 6 heteroatoms. The largest absolute Gasteiger partial charge is 0.483 e. The first-order valence-electron chi connectivity index (χ1n) is 9.35. The lowest BCUT2D eigenvalue weighted by molar-refractivity contribution is -0.139. The normalized spacial score (nSPS) is 23.5. The molecule has 1 saturated carbocycles. The van der Waals surface area contributed by atoms with E-state index in [2.05, 4.69) is 15.0 Å². The first-order chi connectivity index (χ1) is 12.1. The lowest BCUT2D eigenvalue weighted by Gasteiger charge is -2.44. The predicted octanol–water partition coefficient (Wildman–Crippen LogP) is 2.84. The maximum absolute atomic E-state index is 12.8. The van der Waals surface area contributed by atoms with Crippen LogP contribution in [0.2, 0.25) is 0 Å². The van der Waals surface area contributed by atoms with Crippen molar-refractivity contribution in [1.29, 1.82) is 0 Å². The van der Waals surface area contributed by atoms with E-state index < -0.39 is 0 Å². The molecular formula is C19H26N4O2. The topological polar surface area (TPSA) is 60.2 Å². The minimum atomic E-state index is 0.0939. The van der Waals surface area contributed by atoms with Crippen LogP contribution in [0.15, 0.2) is 12.3 Å². The van der Waals surface area contributed by atoms with Crippen molar-refractivity contribution in [3.63, 3.8) is 0 Å². The van der Waals surface area contributed by atoms with E-state index in [0.29, 0.717) is 17.7 Å². The number of hydrogen-bond donors (Lipinski definition) is 0. The van der Waals surface area contributed by atoms with Crippen LogP contribution in [-0.2, 0) is 11.8 Å². The Bertz CT molecular complexity index is 783. The van der Waals surface area contributed by atoms with Gasteiger partial charge in [0, 0.05) is 25.8 Å². The zero-order chi connectivity index (χ0) is 17.4. The molecule has 0 bridgehead atoms. The molecule has 6 nitrogen and oxygen atoms in total. The summed E-state index contributed by atoms with van der Waals surface area (Å²) in [7, 11) is 1.87. The number of fused-ring (bicyclic) bond motifs is 2. The van der Waals surface area contributed by atoms with E-state index >= 15 is 0 Å². The molecule has 1 aliphatic heterocycles. The number of carbonyl (C=O) groups is 1. The average Bonchev–Trinajstić information content (AvgIpc) is 2.94. The van der Waals surface area contributed by atoms with Gasteiger partial charge in [0.1, 0.15) is 5.75 Å². The van der Waals surface area contributed by atoms with Crippen LogP contribution >= 0.6 is 0 Å². The minimum absolute atomic E-state index is 0.0939. The highest BCUT2D eigenvalue weighted by Gasteiger charge is 2.35. The van der Waals surface area contributed by atoms with Crippen molar-refractivity contribution in [2.24, 2.45) is 13.0 Å². The molecule has 2 unspecified atom stereocenters. The number of carbonyl (C=O) groups excluding carboxylic acids is 1. The van der Waals surface area contributed by atoms with Crippen molar-refractivity contribution in [2.75, 3.05) is 13.2 Å². The summed E-state index contributed by atoms with van der Waals surface area (Å²) in [5, 5.41) is 5.30. The Morgan fingerprint density at radius 3 is 2.96 bits per heavy atom. The Kier molecular flexibility index (Phi) is 4.36. The molecule has 2 aromatic heterocycles. The van der Waals surface area contributed by atoms with Crippen LogP contribution in [0.5, 0.6) is 5.75 Å². The third kappa shape index (κ3) is 2.98. The van der Waals surface area contributed by atoms with E-state index in [1.54, 1.807) is 10.9 Å². The molecule has 2 fully saturated rings. The second-order valence-corrected chi connectivity index (χ2v) is 7.35. The molecule has 0 radical (unpaired) electrons. The zero-order valence-electron chi connectivity index (χ0n) is 15.1. The van der Waals surface area contributed by atoms with Crippen LogP contribution in [0.3, 0.4) is 0 Å². The van der Waals surface area contributed by atoms with Gasteiger partial charge in [-0.05, 0) is 44.6 Å². The fraction of sp³-hybridized carbons (Fsp3) is 0.632. The molecule has 2 aromatic rings. The molecule has 2 aliphatic rings. The monoisotopic (exact) mass is 342 g/mol. The Morgan fingerprint density at radius 1 is 1.28 bits per heavy atom. The third-order valence-corrected chi connectivity index (χ3v) is 5.78. The molecule has 1 aliphatic carbocycles. The van der Waals surface area contributed by atoms with Crippen molar-refractivity contribution < 1.29 is 9.53 Å². The molecule has 0 spiro atoms. The van der Waals surface area contributed by atoms with E-state index in [-0.39, 0.29) is 12.5 Å². The maximum atomic E-state index is 12.8. The van der Waals surface area contributed by atoms with Crippen LogP contribution < -0.4 is 4.74 Å². The highest BCUT2D eigenvalue weighted by Crippen LogP contribution is 2.35. The standard InChI is InChI=1S/C19H26N4O2/c1-13-18-16(9-10-20-19(18)22(2)21-13)25-12-17(24)23-11-5-7-14-6-3-4-8-15(14)23/h9-10,14-15H,3-8,11-12H2,1-2H3.